The monoisotopic (exact) mass is 186 g/mol. The molecule has 0 N–H and O–H groups in total. The van der Waals surface area contributed by atoms with Gasteiger partial charge in [0.2, 0.25) is 0 Å². The highest BCUT2D eigenvalue weighted by molar-refractivity contribution is 5.00. The van der Waals surface area contributed by atoms with Crippen LogP contribution in [0.5, 0.6) is 0 Å². The highest BCUT2D eigenvalue weighted by atomic mass is 15.2. The van der Waals surface area contributed by atoms with Gasteiger partial charge in [-0.25, -0.2) is 0 Å². The van der Waals surface area contributed by atoms with Crippen molar-refractivity contribution in [3.05, 3.63) is 5.53 Å². The molecule has 0 radical (unpaired) electrons. The van der Waals surface area contributed by atoms with E-state index >= 15 is 0 Å². The summed E-state index contributed by atoms with van der Waals surface area (Å²) in [6, 6.07) is 6.65. The van der Waals surface area contributed by atoms with Crippen LogP contribution in [0, 0.1) is 57.2 Å². The Morgan fingerprint density at radius 1 is 0.857 bits per heavy atom. The Balaban J connectivity index is 4.16. The van der Waals surface area contributed by atoms with Crippen LogP contribution in [0.4, 0.5) is 0 Å². The summed E-state index contributed by atoms with van der Waals surface area (Å²) in [6.45, 7) is -0.375. The summed E-state index contributed by atoms with van der Waals surface area (Å²) < 4.78 is 0.633. The zero-order valence-electron chi connectivity index (χ0n) is 7.25. The maximum atomic E-state index is 9.14. The van der Waals surface area contributed by atoms with Crippen molar-refractivity contribution in [1.29, 1.82) is 21.0 Å². The van der Waals surface area contributed by atoms with E-state index < -0.39 is 11.8 Å². The second kappa shape index (κ2) is 6.12. The standard InChI is InChI=1S/C8H6N6/c9-1-7(2-10)5-14(13)6-8(3-11)4-12/h7-8H,5-6H2. The zero-order chi connectivity index (χ0) is 11.0. The van der Waals surface area contributed by atoms with Crippen molar-refractivity contribution >= 4 is 0 Å². The van der Waals surface area contributed by atoms with E-state index in [9.17, 15) is 0 Å². The fourth-order valence-corrected chi connectivity index (χ4v) is 0.717. The van der Waals surface area contributed by atoms with Crippen molar-refractivity contribution in [3.63, 3.8) is 0 Å². The van der Waals surface area contributed by atoms with Crippen LogP contribution in [-0.4, -0.2) is 17.8 Å². The number of nitriles is 4. The second-order valence-corrected chi connectivity index (χ2v) is 2.49. The molecule has 0 saturated heterocycles. The molecule has 0 atom stereocenters. The Kier molecular flexibility index (Phi) is 5.05. The topological polar surface area (TPSA) is 120 Å². The molecule has 0 aromatic carbocycles. The second-order valence-electron chi connectivity index (χ2n) is 2.49. The molecule has 0 unspecified atom stereocenters. The van der Waals surface area contributed by atoms with Gasteiger partial charge in [-0.1, -0.05) is 0 Å². The lowest BCUT2D eigenvalue weighted by atomic mass is 10.1. The van der Waals surface area contributed by atoms with Crippen molar-refractivity contribution in [3.8, 4) is 24.3 Å². The molecule has 0 aliphatic heterocycles. The first-order valence-electron chi connectivity index (χ1n) is 3.70. The van der Waals surface area contributed by atoms with Crippen LogP contribution >= 0.6 is 0 Å². The van der Waals surface area contributed by atoms with Gasteiger partial charge in [-0.3, -0.25) is 0 Å². The smallest absolute Gasteiger partial charge is 0.190 e. The normalized spacial score (nSPS) is 8.43. The van der Waals surface area contributed by atoms with Crippen molar-refractivity contribution in [2.45, 2.75) is 0 Å². The Morgan fingerprint density at radius 3 is 1.36 bits per heavy atom. The van der Waals surface area contributed by atoms with Crippen LogP contribution in [0.15, 0.2) is 0 Å². The van der Waals surface area contributed by atoms with E-state index in [1.165, 1.54) is 0 Å². The summed E-state index contributed by atoms with van der Waals surface area (Å²) in [5.41, 5.74) is 9.14. The van der Waals surface area contributed by atoms with Crippen molar-refractivity contribution in [2.75, 3.05) is 13.1 Å². The molecule has 0 aliphatic rings. The molecule has 0 aromatic rings. The molecule has 0 heterocycles. The summed E-state index contributed by atoms with van der Waals surface area (Å²) in [6.07, 6.45) is 0. The Bertz CT molecular complexity index is 307. The third-order valence-corrected chi connectivity index (χ3v) is 1.41. The average molecular weight is 186 g/mol. The minimum absolute atomic E-state index is 0.188. The first kappa shape index (κ1) is 11.6. The quantitative estimate of drug-likeness (QED) is 0.464. The van der Waals surface area contributed by atoms with Gasteiger partial charge in [-0.15, -0.1) is 0 Å². The largest absolute Gasteiger partial charge is 0.507 e. The maximum absolute atomic E-state index is 9.14. The van der Waals surface area contributed by atoms with Crippen LogP contribution in [0.3, 0.4) is 0 Å². The molecule has 6 heteroatoms. The van der Waals surface area contributed by atoms with Crippen molar-refractivity contribution in [1.82, 2.24) is 0 Å². The van der Waals surface area contributed by atoms with Gasteiger partial charge >= 0.3 is 0 Å². The van der Waals surface area contributed by atoms with Gasteiger partial charge in [0.1, 0.15) is 0 Å². The molecule has 0 saturated carbocycles. The number of rotatable bonds is 4. The number of hydrogen-bond donors (Lipinski definition) is 0. The highest BCUT2D eigenvalue weighted by Gasteiger charge is 2.15. The van der Waals surface area contributed by atoms with E-state index in [1.807, 2.05) is 0 Å². The van der Waals surface area contributed by atoms with Crippen LogP contribution < -0.4 is 0 Å². The molecule has 14 heavy (non-hydrogen) atoms. The van der Waals surface area contributed by atoms with E-state index in [4.69, 9.17) is 26.6 Å². The van der Waals surface area contributed by atoms with Gasteiger partial charge in [-0.2, -0.15) is 21.0 Å². The zero-order valence-corrected chi connectivity index (χ0v) is 7.25. The minimum Gasteiger partial charge on any atom is -0.507 e. The minimum atomic E-state index is -0.960. The van der Waals surface area contributed by atoms with E-state index in [1.54, 1.807) is 24.3 Å². The fourth-order valence-electron chi connectivity index (χ4n) is 0.717. The van der Waals surface area contributed by atoms with Crippen LogP contribution in [0.2, 0.25) is 0 Å². The summed E-state index contributed by atoms with van der Waals surface area (Å²) in [5, 5.41) is 33.5. The van der Waals surface area contributed by atoms with Crippen LogP contribution in [-0.2, 0) is 0 Å². The molecular weight excluding hydrogens is 180 g/mol. The SMILES string of the molecule is N#CC(C#N)C[N+](=[N-])CC(C#N)C#N. The van der Waals surface area contributed by atoms with Crippen molar-refractivity contribution in [2.24, 2.45) is 11.8 Å². The molecule has 0 amide bonds. The highest BCUT2D eigenvalue weighted by Crippen LogP contribution is 1.97. The Hall–Kier alpha value is -2.44. The van der Waals surface area contributed by atoms with E-state index in [0.29, 0.717) is 4.70 Å². The predicted molar refractivity (Wildman–Crippen MR) is 42.8 cm³/mol. The van der Waals surface area contributed by atoms with Crippen LogP contribution in [0.25, 0.3) is 5.53 Å². The number of hydrogen-bond acceptors (Lipinski definition) is 4. The molecule has 0 spiro atoms. The maximum Gasteiger partial charge on any atom is 0.190 e. The molecular formula is C8H6N6. The number of nitrogens with zero attached hydrogens (tertiary/aromatic N) is 6. The lowest BCUT2D eigenvalue weighted by Crippen LogP contribution is -2.21. The molecule has 0 rings (SSSR count). The van der Waals surface area contributed by atoms with Gasteiger partial charge in [0.15, 0.2) is 24.9 Å². The molecule has 0 fully saturated rings. The average Bonchev–Trinajstić information content (AvgIpc) is 2.22. The van der Waals surface area contributed by atoms with Gasteiger partial charge in [0.05, 0.1) is 24.3 Å². The summed E-state index contributed by atoms with van der Waals surface area (Å²) in [7, 11) is 0. The van der Waals surface area contributed by atoms with Gasteiger partial charge in [-0.05, 0) is 0 Å². The fraction of sp³-hybridized carbons (Fsp3) is 0.500. The summed E-state index contributed by atoms with van der Waals surface area (Å²) in [4.78, 5) is 0. The van der Waals surface area contributed by atoms with Gasteiger partial charge < -0.3 is 10.2 Å². The third-order valence-electron chi connectivity index (χ3n) is 1.41. The Labute approximate surface area is 81.3 Å². The molecule has 0 aliphatic carbocycles. The lowest BCUT2D eigenvalue weighted by molar-refractivity contribution is -0.554. The van der Waals surface area contributed by atoms with E-state index in [2.05, 4.69) is 0 Å². The first-order chi connectivity index (χ1) is 6.67. The Morgan fingerprint density at radius 2 is 1.14 bits per heavy atom. The predicted octanol–water partition coefficient (Wildman–Crippen LogP) is 0.347. The molecule has 0 aromatic heterocycles. The van der Waals surface area contributed by atoms with Crippen molar-refractivity contribution < 1.29 is 4.70 Å². The summed E-state index contributed by atoms with van der Waals surface area (Å²) >= 11 is 0. The van der Waals surface area contributed by atoms with Crippen LogP contribution in [0.1, 0.15) is 0 Å². The molecule has 6 nitrogen and oxygen atoms in total. The summed E-state index contributed by atoms with van der Waals surface area (Å²) in [5.74, 6) is -1.92. The third kappa shape index (κ3) is 3.81. The van der Waals surface area contributed by atoms with Gasteiger partial charge in [0, 0.05) is 0 Å². The first-order valence-corrected chi connectivity index (χ1v) is 3.70. The molecule has 68 valence electrons. The van der Waals surface area contributed by atoms with E-state index in [0.717, 1.165) is 0 Å². The van der Waals surface area contributed by atoms with Gasteiger partial charge in [0.25, 0.3) is 0 Å². The molecule has 0 bridgehead atoms. The van der Waals surface area contributed by atoms with E-state index in [-0.39, 0.29) is 13.1 Å². The lowest BCUT2D eigenvalue weighted by Gasteiger charge is -2.06.